The molecule has 0 bridgehead atoms. The molecule has 0 aliphatic rings. The Bertz CT molecular complexity index is 294. The van der Waals surface area contributed by atoms with Crippen LogP contribution in [0.4, 0.5) is 8.78 Å². The van der Waals surface area contributed by atoms with Gasteiger partial charge in [0.15, 0.2) is 18.7 Å². The lowest BCUT2D eigenvalue weighted by Gasteiger charge is -2.02. The number of ether oxygens (including phenoxy) is 1. The summed E-state index contributed by atoms with van der Waals surface area (Å²) >= 11 is 0. The third kappa shape index (κ3) is 3.10. The van der Waals surface area contributed by atoms with Crippen LogP contribution >= 0.6 is 0 Å². The predicted octanol–water partition coefficient (Wildman–Crippen LogP) is 0.933. The van der Waals surface area contributed by atoms with E-state index in [1.807, 2.05) is 0 Å². The first kappa shape index (κ1) is 9.50. The summed E-state index contributed by atoms with van der Waals surface area (Å²) in [4.78, 5) is 17.2. The summed E-state index contributed by atoms with van der Waals surface area (Å²) in [5.41, 5.74) is 0. The molecule has 1 aromatic heterocycles. The molecule has 0 radical (unpaired) electrons. The molecule has 0 amide bonds. The molecule has 1 heterocycles. The van der Waals surface area contributed by atoms with Crippen LogP contribution in [0.5, 0.6) is 5.88 Å². The van der Waals surface area contributed by atoms with Gasteiger partial charge in [-0.15, -0.1) is 0 Å². The average molecular weight is 188 g/mol. The van der Waals surface area contributed by atoms with Crippen LogP contribution in [0.3, 0.4) is 0 Å². The first-order valence-corrected chi connectivity index (χ1v) is 3.41. The SMILES string of the molecule is O=Cc1nccc(OCC(F)F)n1. The maximum atomic E-state index is 11.7. The van der Waals surface area contributed by atoms with E-state index in [0.717, 1.165) is 0 Å². The van der Waals surface area contributed by atoms with Gasteiger partial charge < -0.3 is 4.74 Å². The molecule has 6 heteroatoms. The molecule has 0 aromatic carbocycles. The fraction of sp³-hybridized carbons (Fsp3) is 0.286. The van der Waals surface area contributed by atoms with Crippen molar-refractivity contribution in [2.75, 3.05) is 6.61 Å². The summed E-state index contributed by atoms with van der Waals surface area (Å²) in [6, 6.07) is 1.30. The van der Waals surface area contributed by atoms with Crippen molar-refractivity contribution >= 4 is 6.29 Å². The number of aromatic nitrogens is 2. The van der Waals surface area contributed by atoms with Crippen molar-refractivity contribution in [1.82, 2.24) is 9.97 Å². The molecule has 0 spiro atoms. The van der Waals surface area contributed by atoms with E-state index < -0.39 is 13.0 Å². The van der Waals surface area contributed by atoms with E-state index in [1.165, 1.54) is 12.3 Å². The zero-order valence-corrected chi connectivity index (χ0v) is 6.48. The maximum Gasteiger partial charge on any atom is 0.272 e. The lowest BCUT2D eigenvalue weighted by molar-refractivity contribution is 0.0793. The highest BCUT2D eigenvalue weighted by Crippen LogP contribution is 2.05. The molecule has 70 valence electrons. The summed E-state index contributed by atoms with van der Waals surface area (Å²) in [5, 5.41) is 0. The Morgan fingerprint density at radius 1 is 1.62 bits per heavy atom. The molecule has 0 aliphatic heterocycles. The van der Waals surface area contributed by atoms with Crippen LogP contribution in [0, 0.1) is 0 Å². The van der Waals surface area contributed by atoms with E-state index in [-0.39, 0.29) is 11.7 Å². The Balaban J connectivity index is 2.61. The monoisotopic (exact) mass is 188 g/mol. The first-order chi connectivity index (χ1) is 6.22. The van der Waals surface area contributed by atoms with Crippen molar-refractivity contribution in [1.29, 1.82) is 0 Å². The van der Waals surface area contributed by atoms with E-state index in [0.29, 0.717) is 6.29 Å². The largest absolute Gasteiger partial charge is 0.471 e. The highest BCUT2D eigenvalue weighted by Gasteiger charge is 2.04. The van der Waals surface area contributed by atoms with Crippen molar-refractivity contribution < 1.29 is 18.3 Å². The molecule has 0 aliphatic carbocycles. The van der Waals surface area contributed by atoms with Gasteiger partial charge in [0.05, 0.1) is 0 Å². The molecule has 1 aromatic rings. The fourth-order valence-electron chi connectivity index (χ4n) is 0.642. The quantitative estimate of drug-likeness (QED) is 0.659. The molecule has 0 saturated carbocycles. The molecule has 0 saturated heterocycles. The Morgan fingerprint density at radius 2 is 2.38 bits per heavy atom. The minimum Gasteiger partial charge on any atom is -0.471 e. The zero-order valence-electron chi connectivity index (χ0n) is 6.48. The molecule has 4 nitrogen and oxygen atoms in total. The number of hydrogen-bond donors (Lipinski definition) is 0. The fourth-order valence-corrected chi connectivity index (χ4v) is 0.642. The van der Waals surface area contributed by atoms with Gasteiger partial charge in [-0.25, -0.2) is 13.8 Å². The normalized spacial score (nSPS) is 10.1. The van der Waals surface area contributed by atoms with Crippen LogP contribution in [0.25, 0.3) is 0 Å². The third-order valence-corrected chi connectivity index (χ3v) is 1.11. The van der Waals surface area contributed by atoms with E-state index >= 15 is 0 Å². The third-order valence-electron chi connectivity index (χ3n) is 1.11. The number of rotatable bonds is 4. The second-order valence-electron chi connectivity index (χ2n) is 2.07. The first-order valence-electron chi connectivity index (χ1n) is 3.41. The Labute approximate surface area is 72.6 Å². The number of aldehydes is 1. The zero-order chi connectivity index (χ0) is 9.68. The second-order valence-corrected chi connectivity index (χ2v) is 2.07. The van der Waals surface area contributed by atoms with Crippen LogP contribution in [-0.2, 0) is 0 Å². The predicted molar refractivity (Wildman–Crippen MR) is 38.9 cm³/mol. The number of alkyl halides is 2. The van der Waals surface area contributed by atoms with Gasteiger partial charge in [-0.3, -0.25) is 4.79 Å². The molecule has 0 N–H and O–H groups in total. The van der Waals surface area contributed by atoms with Crippen molar-refractivity contribution in [2.45, 2.75) is 6.43 Å². The van der Waals surface area contributed by atoms with Gasteiger partial charge in [0.1, 0.15) is 0 Å². The van der Waals surface area contributed by atoms with E-state index in [1.54, 1.807) is 0 Å². The van der Waals surface area contributed by atoms with Crippen LogP contribution in [0.2, 0.25) is 0 Å². The van der Waals surface area contributed by atoms with Crippen LogP contribution in [0.1, 0.15) is 10.6 Å². The van der Waals surface area contributed by atoms with Gasteiger partial charge in [0.25, 0.3) is 6.43 Å². The smallest absolute Gasteiger partial charge is 0.272 e. The van der Waals surface area contributed by atoms with Gasteiger partial charge in [-0.05, 0) is 0 Å². The number of hydrogen-bond acceptors (Lipinski definition) is 4. The average Bonchev–Trinajstić information content (AvgIpc) is 2.15. The highest BCUT2D eigenvalue weighted by atomic mass is 19.3. The summed E-state index contributed by atoms with van der Waals surface area (Å²) in [6.45, 7) is -0.741. The van der Waals surface area contributed by atoms with Crippen molar-refractivity contribution in [3.8, 4) is 5.88 Å². The van der Waals surface area contributed by atoms with Gasteiger partial charge in [-0.1, -0.05) is 0 Å². The summed E-state index contributed by atoms with van der Waals surface area (Å²) in [5.74, 6) is -0.121. The van der Waals surface area contributed by atoms with Crippen LogP contribution in [-0.4, -0.2) is 29.3 Å². The molecule has 1 rings (SSSR count). The van der Waals surface area contributed by atoms with E-state index in [2.05, 4.69) is 14.7 Å². The Morgan fingerprint density at radius 3 is 3.00 bits per heavy atom. The van der Waals surface area contributed by atoms with Gasteiger partial charge in [0, 0.05) is 12.3 Å². The standard InChI is InChI=1S/C7H6F2N2O2/c8-5(9)4-13-7-1-2-10-6(3-12)11-7/h1-3,5H,4H2. The van der Waals surface area contributed by atoms with Gasteiger partial charge in [0.2, 0.25) is 5.88 Å². The van der Waals surface area contributed by atoms with Gasteiger partial charge in [-0.2, -0.15) is 4.98 Å². The number of carbonyl (C=O) groups is 1. The number of carbonyl (C=O) groups excluding carboxylic acids is 1. The maximum absolute atomic E-state index is 11.7. The summed E-state index contributed by atoms with van der Waals surface area (Å²) < 4.78 is 27.9. The number of halogens is 2. The summed E-state index contributed by atoms with van der Waals surface area (Å²) in [7, 11) is 0. The van der Waals surface area contributed by atoms with Crippen molar-refractivity contribution in [3.63, 3.8) is 0 Å². The summed E-state index contributed by atoms with van der Waals surface area (Å²) in [6.07, 6.45) is -0.887. The van der Waals surface area contributed by atoms with Crippen molar-refractivity contribution in [2.24, 2.45) is 0 Å². The molecule has 0 atom stereocenters. The topological polar surface area (TPSA) is 52.1 Å². The lowest BCUT2D eigenvalue weighted by atomic mass is 10.6. The minimum atomic E-state index is -2.56. The molecular formula is C7H6F2N2O2. The second kappa shape index (κ2) is 4.44. The Hall–Kier alpha value is -1.59. The molecule has 0 fully saturated rings. The highest BCUT2D eigenvalue weighted by molar-refractivity contribution is 5.68. The van der Waals surface area contributed by atoms with Crippen LogP contribution < -0.4 is 4.74 Å². The molecule has 13 heavy (non-hydrogen) atoms. The van der Waals surface area contributed by atoms with Gasteiger partial charge >= 0.3 is 0 Å². The van der Waals surface area contributed by atoms with E-state index in [9.17, 15) is 13.6 Å². The van der Waals surface area contributed by atoms with Crippen molar-refractivity contribution in [3.05, 3.63) is 18.1 Å². The minimum absolute atomic E-state index is 0.0302. The number of nitrogens with zero attached hydrogens (tertiary/aromatic N) is 2. The Kier molecular flexibility index (Phi) is 3.24. The molecular weight excluding hydrogens is 182 g/mol. The lowest BCUT2D eigenvalue weighted by Crippen LogP contribution is -2.08. The van der Waals surface area contributed by atoms with E-state index in [4.69, 9.17) is 0 Å². The van der Waals surface area contributed by atoms with Crippen LogP contribution in [0.15, 0.2) is 12.3 Å². The molecule has 0 unspecified atom stereocenters.